The molecule has 184 valence electrons. The molecule has 2 atom stereocenters. The van der Waals surface area contributed by atoms with Gasteiger partial charge in [0.1, 0.15) is 5.66 Å². The second-order valence-corrected chi connectivity index (χ2v) is 8.91. The maximum Gasteiger partial charge on any atom is 0.416 e. The van der Waals surface area contributed by atoms with E-state index in [2.05, 4.69) is 6.07 Å². The summed E-state index contributed by atoms with van der Waals surface area (Å²) in [6.07, 6.45) is -2.69. The maximum absolute atomic E-state index is 13.4. The number of hydrogen-bond acceptors (Lipinski definition) is 7. The van der Waals surface area contributed by atoms with Crippen LogP contribution in [0.5, 0.6) is 0 Å². The van der Waals surface area contributed by atoms with Crippen LogP contribution >= 0.6 is 0 Å². The van der Waals surface area contributed by atoms with Gasteiger partial charge in [0.2, 0.25) is 0 Å². The third-order valence-electron chi connectivity index (χ3n) is 6.26. The molecule has 0 radical (unpaired) electrons. The first kappa shape index (κ1) is 25.8. The molecule has 5 N–H and O–H groups in total. The quantitative estimate of drug-likeness (QED) is 0.539. The summed E-state index contributed by atoms with van der Waals surface area (Å²) in [6.45, 7) is 7.13. The van der Waals surface area contributed by atoms with Crippen molar-refractivity contribution in [3.8, 4) is 6.07 Å². The van der Waals surface area contributed by atoms with Crippen LogP contribution in [0, 0.1) is 11.3 Å². The van der Waals surface area contributed by atoms with Gasteiger partial charge in [-0.3, -0.25) is 5.01 Å². The lowest BCUT2D eigenvalue weighted by atomic mass is 9.98. The molecule has 0 amide bonds. The van der Waals surface area contributed by atoms with Crippen LogP contribution in [0.4, 0.5) is 13.2 Å². The summed E-state index contributed by atoms with van der Waals surface area (Å²) in [5.41, 5.74) is 13.5. The maximum atomic E-state index is 13.4. The summed E-state index contributed by atoms with van der Waals surface area (Å²) >= 11 is 0. The third kappa shape index (κ3) is 4.57. The van der Waals surface area contributed by atoms with E-state index < -0.39 is 23.6 Å². The van der Waals surface area contributed by atoms with Crippen LogP contribution in [0.1, 0.15) is 51.7 Å². The van der Waals surface area contributed by atoms with Gasteiger partial charge in [0, 0.05) is 11.7 Å². The standard InChI is InChI=1S/C24H31F3N6O/c1-15(2)32-22(34)21(16(3)33(32)20-7-5-6-19(12-20)24(25,26)27)31(14-29)23(4,30)18-10-8-17(13-28)9-11-18/h6,8-12,15,22,34H,5,7,14,29-30H2,1-4H3. The van der Waals surface area contributed by atoms with Gasteiger partial charge in [0.25, 0.3) is 0 Å². The van der Waals surface area contributed by atoms with Gasteiger partial charge in [-0.05, 0) is 64.3 Å². The number of nitriles is 1. The van der Waals surface area contributed by atoms with E-state index in [4.69, 9.17) is 16.7 Å². The minimum atomic E-state index is -4.46. The molecule has 10 heteroatoms. The van der Waals surface area contributed by atoms with Gasteiger partial charge in [-0.1, -0.05) is 18.2 Å². The van der Waals surface area contributed by atoms with E-state index in [1.54, 1.807) is 53.0 Å². The number of rotatable bonds is 6. The van der Waals surface area contributed by atoms with Crippen LogP contribution in [0.3, 0.4) is 0 Å². The highest BCUT2D eigenvalue weighted by atomic mass is 19.4. The first-order valence-corrected chi connectivity index (χ1v) is 11.1. The van der Waals surface area contributed by atoms with Gasteiger partial charge in [-0.15, -0.1) is 0 Å². The van der Waals surface area contributed by atoms with Gasteiger partial charge < -0.3 is 21.5 Å². The molecule has 0 spiro atoms. The van der Waals surface area contributed by atoms with Crippen LogP contribution in [-0.2, 0) is 5.66 Å². The SMILES string of the molecule is CC1=C(N(CN)C(C)(N)c2ccc(C#N)cc2)C(O)N(C(C)C)N1C1=CC(C(F)(F)F)=CCC1. The van der Waals surface area contributed by atoms with E-state index in [1.807, 2.05) is 13.8 Å². The van der Waals surface area contributed by atoms with Crippen LogP contribution in [-0.4, -0.2) is 45.1 Å². The zero-order valence-corrected chi connectivity index (χ0v) is 19.8. The largest absolute Gasteiger partial charge is 0.416 e. The summed E-state index contributed by atoms with van der Waals surface area (Å²) in [4.78, 5) is 1.65. The average molecular weight is 477 g/mol. The van der Waals surface area contributed by atoms with Gasteiger partial charge >= 0.3 is 6.18 Å². The topological polar surface area (TPSA) is 106 Å². The van der Waals surface area contributed by atoms with E-state index in [1.165, 1.54) is 6.08 Å². The lowest BCUT2D eigenvalue weighted by Crippen LogP contribution is -2.55. The van der Waals surface area contributed by atoms with Crippen molar-refractivity contribution in [1.29, 1.82) is 5.26 Å². The Morgan fingerprint density at radius 2 is 1.88 bits per heavy atom. The Kier molecular flexibility index (Phi) is 7.15. The van der Waals surface area contributed by atoms with Crippen molar-refractivity contribution in [2.45, 2.75) is 64.6 Å². The fourth-order valence-corrected chi connectivity index (χ4v) is 4.54. The molecular formula is C24H31F3N6O. The molecule has 1 heterocycles. The molecule has 7 nitrogen and oxygen atoms in total. The highest BCUT2D eigenvalue weighted by molar-refractivity contribution is 5.37. The normalized spacial score (nSPS) is 21.4. The fourth-order valence-electron chi connectivity index (χ4n) is 4.54. The predicted molar refractivity (Wildman–Crippen MR) is 123 cm³/mol. The molecule has 3 rings (SSSR count). The van der Waals surface area contributed by atoms with Gasteiger partial charge in [-0.2, -0.15) is 23.4 Å². The van der Waals surface area contributed by atoms with Crippen LogP contribution in [0.2, 0.25) is 0 Å². The molecule has 2 unspecified atom stereocenters. The summed E-state index contributed by atoms with van der Waals surface area (Å²) in [5.74, 6) is 0. The highest BCUT2D eigenvalue weighted by Crippen LogP contribution is 2.41. The van der Waals surface area contributed by atoms with Crippen molar-refractivity contribution in [3.63, 3.8) is 0 Å². The number of nitrogens with zero attached hydrogens (tertiary/aromatic N) is 4. The molecule has 1 aromatic rings. The molecule has 1 aromatic carbocycles. The van der Waals surface area contributed by atoms with Crippen molar-refractivity contribution in [2.24, 2.45) is 11.5 Å². The van der Waals surface area contributed by atoms with E-state index in [9.17, 15) is 18.3 Å². The van der Waals surface area contributed by atoms with Crippen molar-refractivity contribution in [3.05, 3.63) is 70.2 Å². The minimum Gasteiger partial charge on any atom is -0.371 e. The van der Waals surface area contributed by atoms with Gasteiger partial charge in [0.05, 0.1) is 35.3 Å². The van der Waals surface area contributed by atoms with Crippen molar-refractivity contribution in [2.75, 3.05) is 6.67 Å². The number of hydrogen-bond donors (Lipinski definition) is 3. The number of halogens is 3. The predicted octanol–water partition coefficient (Wildman–Crippen LogP) is 3.57. The summed E-state index contributed by atoms with van der Waals surface area (Å²) in [5, 5.41) is 23.8. The van der Waals surface area contributed by atoms with E-state index >= 15 is 0 Å². The Balaban J connectivity index is 2.10. The molecule has 1 aliphatic carbocycles. The lowest BCUT2D eigenvalue weighted by molar-refractivity contribution is -0.0973. The summed E-state index contributed by atoms with van der Waals surface area (Å²) < 4.78 is 40.3. The number of allylic oxidation sites excluding steroid dienone is 5. The Morgan fingerprint density at radius 1 is 1.26 bits per heavy atom. The summed E-state index contributed by atoms with van der Waals surface area (Å²) in [7, 11) is 0. The van der Waals surface area contributed by atoms with Crippen molar-refractivity contribution in [1.82, 2.24) is 14.9 Å². The van der Waals surface area contributed by atoms with E-state index in [-0.39, 0.29) is 19.1 Å². The lowest BCUT2D eigenvalue weighted by Gasteiger charge is -2.42. The van der Waals surface area contributed by atoms with Gasteiger partial charge in [0.15, 0.2) is 6.23 Å². The number of benzene rings is 1. The Morgan fingerprint density at radius 3 is 2.38 bits per heavy atom. The minimum absolute atomic E-state index is 0.0523. The van der Waals surface area contributed by atoms with E-state index in [0.29, 0.717) is 34.6 Å². The molecule has 0 saturated carbocycles. The molecule has 2 aliphatic rings. The number of hydrazine groups is 1. The van der Waals surface area contributed by atoms with Crippen LogP contribution in [0.25, 0.3) is 0 Å². The smallest absolute Gasteiger partial charge is 0.371 e. The van der Waals surface area contributed by atoms with Gasteiger partial charge in [-0.25, -0.2) is 0 Å². The second-order valence-electron chi connectivity index (χ2n) is 8.91. The van der Waals surface area contributed by atoms with E-state index in [0.717, 1.165) is 6.08 Å². The second kappa shape index (κ2) is 9.43. The van der Waals surface area contributed by atoms with Crippen LogP contribution < -0.4 is 11.5 Å². The average Bonchev–Trinajstić information content (AvgIpc) is 3.04. The molecule has 0 aromatic heterocycles. The highest BCUT2D eigenvalue weighted by Gasteiger charge is 2.45. The van der Waals surface area contributed by atoms with Crippen molar-refractivity contribution < 1.29 is 18.3 Å². The zero-order chi connectivity index (χ0) is 25.4. The Bertz CT molecular complexity index is 1050. The zero-order valence-electron chi connectivity index (χ0n) is 19.8. The Hall–Kier alpha value is -2.84. The first-order chi connectivity index (χ1) is 15.8. The summed E-state index contributed by atoms with van der Waals surface area (Å²) in [6, 6.07) is 8.56. The molecule has 0 fully saturated rings. The molecule has 34 heavy (non-hydrogen) atoms. The monoisotopic (exact) mass is 476 g/mol. The molecule has 0 saturated heterocycles. The number of alkyl halides is 3. The number of aliphatic hydroxyl groups excluding tert-OH is 1. The molecular weight excluding hydrogens is 445 g/mol. The number of nitrogens with two attached hydrogens (primary N) is 2. The third-order valence-corrected chi connectivity index (χ3v) is 6.26. The number of aliphatic hydroxyl groups is 1. The molecule has 0 bridgehead atoms. The molecule has 1 aliphatic heterocycles. The fraction of sp³-hybridized carbons (Fsp3) is 0.458. The Labute approximate surface area is 198 Å². The first-order valence-electron chi connectivity index (χ1n) is 11.1. The van der Waals surface area contributed by atoms with Crippen LogP contribution in [0.15, 0.2) is 59.1 Å². The van der Waals surface area contributed by atoms with Crippen molar-refractivity contribution >= 4 is 0 Å².